The summed E-state index contributed by atoms with van der Waals surface area (Å²) in [5.41, 5.74) is -1.77. The molecule has 0 amide bonds. The fourth-order valence-electron chi connectivity index (χ4n) is 1.05. The summed E-state index contributed by atoms with van der Waals surface area (Å²) in [5.74, 6) is -2.13. The lowest BCUT2D eigenvalue weighted by molar-refractivity contribution is -0.138. The molecule has 0 saturated carbocycles. The van der Waals surface area contributed by atoms with Gasteiger partial charge in [0.1, 0.15) is 11.3 Å². The average Bonchev–Trinajstić information content (AvgIpc) is 2.15. The van der Waals surface area contributed by atoms with Gasteiger partial charge in [-0.25, -0.2) is 4.79 Å². The zero-order valence-corrected chi connectivity index (χ0v) is 7.63. The van der Waals surface area contributed by atoms with Crippen LogP contribution in [0.1, 0.15) is 15.9 Å². The number of para-hydroxylation sites is 1. The minimum atomic E-state index is -4.70. The first kappa shape index (κ1) is 11.4. The summed E-state index contributed by atoms with van der Waals surface area (Å²) in [5, 5.41) is 9.21. The summed E-state index contributed by atoms with van der Waals surface area (Å²) in [6, 6.07) is 2.76. The van der Waals surface area contributed by atoms with Crippen LogP contribution in [0.5, 0.6) is 5.75 Å². The summed E-state index contributed by atoms with van der Waals surface area (Å²) < 4.78 is 41.1. The maximum atomic E-state index is 12.3. The number of methoxy groups -OCH3 is 1. The van der Waals surface area contributed by atoms with Gasteiger partial charge in [-0.3, -0.25) is 0 Å². The molecule has 1 rings (SSSR count). The van der Waals surface area contributed by atoms with Crippen molar-refractivity contribution in [2.75, 3.05) is 7.11 Å². The summed E-state index contributed by atoms with van der Waals surface area (Å²) in [6.45, 7) is 0. The Morgan fingerprint density at radius 2 is 2.00 bits per heavy atom. The third-order valence-electron chi connectivity index (χ3n) is 1.75. The average molecular weight is 220 g/mol. The van der Waals surface area contributed by atoms with Gasteiger partial charge in [0, 0.05) is 0 Å². The lowest BCUT2D eigenvalue weighted by atomic mass is 10.1. The smallest absolute Gasteiger partial charge is 0.419 e. The molecule has 0 aliphatic carbocycles. The van der Waals surface area contributed by atoms with Crippen molar-refractivity contribution in [2.24, 2.45) is 0 Å². The van der Waals surface area contributed by atoms with Crippen LogP contribution < -0.4 is 0 Å². The second-order valence-corrected chi connectivity index (χ2v) is 2.69. The fraction of sp³-hybridized carbons (Fsp3) is 0.222. The molecule has 6 heteroatoms. The lowest BCUT2D eigenvalue weighted by Crippen LogP contribution is -2.09. The fourth-order valence-corrected chi connectivity index (χ4v) is 1.05. The number of carbonyl (C=O) groups is 1. The van der Waals surface area contributed by atoms with E-state index in [0.717, 1.165) is 19.2 Å². The Labute approximate surface area is 83.1 Å². The monoisotopic (exact) mass is 220 g/mol. The summed E-state index contributed by atoms with van der Waals surface area (Å²) in [6.07, 6.45) is -4.70. The molecule has 0 heterocycles. The Balaban J connectivity index is 3.30. The number of hydrogen-bond acceptors (Lipinski definition) is 3. The lowest BCUT2D eigenvalue weighted by Gasteiger charge is -2.10. The molecule has 0 radical (unpaired) electrons. The van der Waals surface area contributed by atoms with E-state index in [-0.39, 0.29) is 0 Å². The van der Waals surface area contributed by atoms with Gasteiger partial charge in [0.05, 0.1) is 12.7 Å². The molecule has 1 aromatic rings. The number of aromatic hydroxyl groups is 1. The van der Waals surface area contributed by atoms with Crippen LogP contribution in [-0.2, 0) is 10.9 Å². The standard InChI is InChI=1S/C9H7F3O3/c1-15-8(14)5-3-2-4-6(7(5)13)9(10,11)12/h2-4,13H,1H3. The van der Waals surface area contributed by atoms with Gasteiger partial charge in [0.25, 0.3) is 0 Å². The molecule has 0 fully saturated rings. The number of halogens is 3. The van der Waals surface area contributed by atoms with Crippen molar-refractivity contribution in [1.29, 1.82) is 0 Å². The van der Waals surface area contributed by atoms with Gasteiger partial charge in [0.15, 0.2) is 0 Å². The van der Waals surface area contributed by atoms with Crippen molar-refractivity contribution < 1.29 is 27.8 Å². The number of esters is 1. The van der Waals surface area contributed by atoms with Gasteiger partial charge < -0.3 is 9.84 Å². The Hall–Kier alpha value is -1.72. The third kappa shape index (κ3) is 2.20. The van der Waals surface area contributed by atoms with Crippen LogP contribution in [0.2, 0.25) is 0 Å². The molecule has 0 bridgehead atoms. The Morgan fingerprint density at radius 1 is 1.40 bits per heavy atom. The quantitative estimate of drug-likeness (QED) is 0.738. The van der Waals surface area contributed by atoms with Crippen molar-refractivity contribution in [3.63, 3.8) is 0 Å². The van der Waals surface area contributed by atoms with Crippen LogP contribution >= 0.6 is 0 Å². The number of rotatable bonds is 1. The predicted octanol–water partition coefficient (Wildman–Crippen LogP) is 2.20. The molecular formula is C9H7F3O3. The maximum Gasteiger partial charge on any atom is 0.419 e. The Morgan fingerprint density at radius 3 is 2.47 bits per heavy atom. The highest BCUT2D eigenvalue weighted by atomic mass is 19.4. The van der Waals surface area contributed by atoms with Crippen LogP contribution in [0, 0.1) is 0 Å². The minimum Gasteiger partial charge on any atom is -0.506 e. The molecule has 15 heavy (non-hydrogen) atoms. The molecule has 1 aromatic carbocycles. The van der Waals surface area contributed by atoms with Gasteiger partial charge in [0.2, 0.25) is 0 Å². The van der Waals surface area contributed by atoms with E-state index < -0.39 is 29.0 Å². The third-order valence-corrected chi connectivity index (χ3v) is 1.75. The van der Waals surface area contributed by atoms with Crippen LogP contribution in [0.25, 0.3) is 0 Å². The molecule has 1 N–H and O–H groups in total. The van der Waals surface area contributed by atoms with Crippen molar-refractivity contribution in [3.05, 3.63) is 29.3 Å². The maximum absolute atomic E-state index is 12.3. The number of benzene rings is 1. The Kier molecular flexibility index (Phi) is 2.88. The van der Waals surface area contributed by atoms with Gasteiger partial charge in [-0.1, -0.05) is 6.07 Å². The van der Waals surface area contributed by atoms with Gasteiger partial charge >= 0.3 is 12.1 Å². The molecule has 0 aliphatic heterocycles. The minimum absolute atomic E-state index is 0.507. The molecule has 0 unspecified atom stereocenters. The normalized spacial score (nSPS) is 11.2. The van der Waals surface area contributed by atoms with Crippen LogP contribution in [0.4, 0.5) is 13.2 Å². The first-order valence-electron chi connectivity index (χ1n) is 3.85. The molecular weight excluding hydrogens is 213 g/mol. The van der Waals surface area contributed by atoms with Gasteiger partial charge in [-0.15, -0.1) is 0 Å². The van der Waals surface area contributed by atoms with E-state index in [9.17, 15) is 23.1 Å². The van der Waals surface area contributed by atoms with E-state index in [0.29, 0.717) is 6.07 Å². The van der Waals surface area contributed by atoms with Crippen molar-refractivity contribution in [3.8, 4) is 5.75 Å². The molecule has 3 nitrogen and oxygen atoms in total. The highest BCUT2D eigenvalue weighted by Crippen LogP contribution is 2.37. The zero-order valence-electron chi connectivity index (χ0n) is 7.63. The highest BCUT2D eigenvalue weighted by Gasteiger charge is 2.35. The zero-order chi connectivity index (χ0) is 11.6. The van der Waals surface area contributed by atoms with Crippen molar-refractivity contribution in [1.82, 2.24) is 0 Å². The number of hydrogen-bond donors (Lipinski definition) is 1. The number of ether oxygens (including phenoxy) is 1. The summed E-state index contributed by atoms with van der Waals surface area (Å²) in [7, 11) is 1.02. The van der Waals surface area contributed by atoms with E-state index in [1.807, 2.05) is 0 Å². The second-order valence-electron chi connectivity index (χ2n) is 2.69. The van der Waals surface area contributed by atoms with E-state index in [2.05, 4.69) is 4.74 Å². The SMILES string of the molecule is COC(=O)c1cccc(C(F)(F)F)c1O. The van der Waals surface area contributed by atoms with Crippen molar-refractivity contribution in [2.45, 2.75) is 6.18 Å². The topological polar surface area (TPSA) is 46.5 Å². The second kappa shape index (κ2) is 3.80. The number of alkyl halides is 3. The van der Waals surface area contributed by atoms with Crippen LogP contribution in [-0.4, -0.2) is 18.2 Å². The predicted molar refractivity (Wildman–Crippen MR) is 44.4 cm³/mol. The van der Waals surface area contributed by atoms with Crippen LogP contribution in [0.3, 0.4) is 0 Å². The molecule has 0 spiro atoms. The number of phenolic OH excluding ortho intramolecular Hbond substituents is 1. The van der Waals surface area contributed by atoms with E-state index in [1.165, 1.54) is 0 Å². The molecule has 0 aromatic heterocycles. The molecule has 0 saturated heterocycles. The van der Waals surface area contributed by atoms with E-state index >= 15 is 0 Å². The molecule has 82 valence electrons. The van der Waals surface area contributed by atoms with Crippen molar-refractivity contribution >= 4 is 5.97 Å². The summed E-state index contributed by atoms with van der Waals surface area (Å²) >= 11 is 0. The highest BCUT2D eigenvalue weighted by molar-refractivity contribution is 5.92. The first-order chi connectivity index (χ1) is 6.88. The molecule has 0 atom stereocenters. The number of phenols is 1. The summed E-state index contributed by atoms with van der Waals surface area (Å²) in [4.78, 5) is 11.0. The molecule has 0 aliphatic rings. The Bertz CT molecular complexity index is 385. The van der Waals surface area contributed by atoms with E-state index in [4.69, 9.17) is 0 Å². The van der Waals surface area contributed by atoms with Crippen LogP contribution in [0.15, 0.2) is 18.2 Å². The van der Waals surface area contributed by atoms with Gasteiger partial charge in [-0.2, -0.15) is 13.2 Å². The number of carbonyl (C=O) groups excluding carboxylic acids is 1. The first-order valence-corrected chi connectivity index (χ1v) is 3.85. The largest absolute Gasteiger partial charge is 0.506 e. The van der Waals surface area contributed by atoms with Gasteiger partial charge in [-0.05, 0) is 12.1 Å². The van der Waals surface area contributed by atoms with E-state index in [1.54, 1.807) is 0 Å².